The molecule has 1 saturated heterocycles. The molecule has 1 unspecified atom stereocenters. The monoisotopic (exact) mass is 156 g/mol. The first-order valence-corrected chi connectivity index (χ1v) is 4.43. The van der Waals surface area contributed by atoms with Crippen molar-refractivity contribution in [1.29, 1.82) is 0 Å². The van der Waals surface area contributed by atoms with Crippen LogP contribution in [0.4, 0.5) is 0 Å². The average molecular weight is 156 g/mol. The summed E-state index contributed by atoms with van der Waals surface area (Å²) in [6.45, 7) is 1.94. The molecule has 0 radical (unpaired) electrons. The number of likely N-dealkylation sites (tertiary alicyclic amines) is 1. The molecule has 1 heterocycles. The summed E-state index contributed by atoms with van der Waals surface area (Å²) in [5, 5.41) is 9.26. The molecule has 1 aliphatic heterocycles. The molecule has 3 N–H and O–H groups in total. The van der Waals surface area contributed by atoms with Crippen LogP contribution in [0.3, 0.4) is 0 Å². The van der Waals surface area contributed by atoms with Crippen molar-refractivity contribution >= 4 is 0 Å². The van der Waals surface area contributed by atoms with Gasteiger partial charge in [0, 0.05) is 25.2 Å². The Morgan fingerprint density at radius 3 is 2.55 bits per heavy atom. The van der Waals surface area contributed by atoms with Crippen molar-refractivity contribution < 1.29 is 5.11 Å². The zero-order valence-corrected chi connectivity index (χ0v) is 6.74. The Morgan fingerprint density at radius 2 is 2.09 bits per heavy atom. The molecule has 0 aromatic heterocycles. The van der Waals surface area contributed by atoms with E-state index in [2.05, 4.69) is 4.90 Å². The maximum absolute atomic E-state index is 9.26. The summed E-state index contributed by atoms with van der Waals surface area (Å²) in [7, 11) is 0. The predicted molar refractivity (Wildman–Crippen MR) is 43.2 cm³/mol. The third kappa shape index (κ3) is 1.41. The van der Waals surface area contributed by atoms with Crippen molar-refractivity contribution in [3.63, 3.8) is 0 Å². The standard InChI is InChI=1S/C8H16N2O/c9-6-3-7(4-6)10-2-1-8(11)5-10/h6-8,11H,1-5,9H2. The van der Waals surface area contributed by atoms with Gasteiger partial charge in [-0.3, -0.25) is 4.90 Å². The van der Waals surface area contributed by atoms with Gasteiger partial charge in [0.2, 0.25) is 0 Å². The largest absolute Gasteiger partial charge is 0.392 e. The zero-order valence-electron chi connectivity index (χ0n) is 6.74. The molecule has 3 nitrogen and oxygen atoms in total. The first-order chi connectivity index (χ1) is 5.25. The maximum Gasteiger partial charge on any atom is 0.0679 e. The summed E-state index contributed by atoms with van der Waals surface area (Å²) in [4.78, 5) is 2.37. The quantitative estimate of drug-likeness (QED) is 0.540. The van der Waals surface area contributed by atoms with Gasteiger partial charge < -0.3 is 10.8 Å². The van der Waals surface area contributed by atoms with Crippen molar-refractivity contribution in [2.75, 3.05) is 13.1 Å². The van der Waals surface area contributed by atoms with Gasteiger partial charge in [-0.1, -0.05) is 0 Å². The first-order valence-electron chi connectivity index (χ1n) is 4.43. The molecule has 0 aromatic rings. The Bertz CT molecular complexity index is 145. The third-order valence-electron chi connectivity index (χ3n) is 2.86. The molecule has 0 bridgehead atoms. The van der Waals surface area contributed by atoms with Crippen molar-refractivity contribution in [1.82, 2.24) is 4.90 Å². The minimum absolute atomic E-state index is 0.0770. The first kappa shape index (κ1) is 7.53. The molecule has 2 rings (SSSR count). The summed E-state index contributed by atoms with van der Waals surface area (Å²) in [6, 6.07) is 1.11. The Labute approximate surface area is 67.2 Å². The summed E-state index contributed by atoms with van der Waals surface area (Å²) in [5.41, 5.74) is 5.68. The second-order valence-corrected chi connectivity index (χ2v) is 3.82. The van der Waals surface area contributed by atoms with E-state index in [0.29, 0.717) is 12.1 Å². The molecule has 3 heteroatoms. The van der Waals surface area contributed by atoms with E-state index >= 15 is 0 Å². The molecule has 0 aromatic carbocycles. The summed E-state index contributed by atoms with van der Waals surface area (Å²) >= 11 is 0. The average Bonchev–Trinajstić information content (AvgIpc) is 2.29. The minimum atomic E-state index is -0.0770. The molecule has 1 atom stereocenters. The van der Waals surface area contributed by atoms with E-state index in [9.17, 15) is 5.11 Å². The van der Waals surface area contributed by atoms with Gasteiger partial charge in [0.15, 0.2) is 0 Å². The second-order valence-electron chi connectivity index (χ2n) is 3.82. The van der Waals surface area contributed by atoms with E-state index in [1.165, 1.54) is 0 Å². The summed E-state index contributed by atoms with van der Waals surface area (Å²) in [5.74, 6) is 0. The molecule has 1 saturated carbocycles. The van der Waals surface area contributed by atoms with Crippen molar-refractivity contribution in [3.05, 3.63) is 0 Å². The fourth-order valence-corrected chi connectivity index (χ4v) is 2.03. The Hall–Kier alpha value is -0.120. The fraction of sp³-hybridized carbons (Fsp3) is 1.00. The number of β-amino-alcohol motifs (C(OH)–C–C–N with tert-alkyl or cyclic N) is 1. The Morgan fingerprint density at radius 1 is 1.36 bits per heavy atom. The maximum atomic E-state index is 9.26. The van der Waals surface area contributed by atoms with Crippen LogP contribution in [-0.2, 0) is 0 Å². The number of nitrogens with two attached hydrogens (primary N) is 1. The number of hydrogen-bond donors (Lipinski definition) is 2. The molecule has 2 aliphatic rings. The lowest BCUT2D eigenvalue weighted by molar-refractivity contribution is 0.111. The van der Waals surface area contributed by atoms with Crippen LogP contribution in [0.5, 0.6) is 0 Å². The normalized spacial score (nSPS) is 45.8. The predicted octanol–water partition coefficient (Wildman–Crippen LogP) is -0.457. The molecule has 64 valence electrons. The SMILES string of the molecule is NC1CC(N2CCC(O)C2)C1. The van der Waals surface area contributed by atoms with E-state index in [1.54, 1.807) is 0 Å². The summed E-state index contributed by atoms with van der Waals surface area (Å²) in [6.07, 6.45) is 3.14. The van der Waals surface area contributed by atoms with Gasteiger partial charge in [-0.15, -0.1) is 0 Å². The molecule has 1 aliphatic carbocycles. The minimum Gasteiger partial charge on any atom is -0.392 e. The van der Waals surface area contributed by atoms with Crippen LogP contribution in [0, 0.1) is 0 Å². The number of rotatable bonds is 1. The Kier molecular flexibility index (Phi) is 1.87. The van der Waals surface area contributed by atoms with Gasteiger partial charge in [-0.05, 0) is 19.3 Å². The smallest absolute Gasteiger partial charge is 0.0679 e. The number of nitrogens with zero attached hydrogens (tertiary/aromatic N) is 1. The van der Waals surface area contributed by atoms with Crippen LogP contribution in [0.15, 0.2) is 0 Å². The van der Waals surface area contributed by atoms with E-state index in [0.717, 1.165) is 32.4 Å². The molecular formula is C8H16N2O. The number of hydrogen-bond acceptors (Lipinski definition) is 3. The highest BCUT2D eigenvalue weighted by Crippen LogP contribution is 2.26. The van der Waals surface area contributed by atoms with Crippen LogP contribution >= 0.6 is 0 Å². The lowest BCUT2D eigenvalue weighted by Gasteiger charge is -2.39. The van der Waals surface area contributed by atoms with Crippen LogP contribution in [0.25, 0.3) is 0 Å². The summed E-state index contributed by atoms with van der Waals surface area (Å²) < 4.78 is 0. The fourth-order valence-electron chi connectivity index (χ4n) is 2.03. The highest BCUT2D eigenvalue weighted by Gasteiger charge is 2.34. The van der Waals surface area contributed by atoms with Gasteiger partial charge in [-0.2, -0.15) is 0 Å². The highest BCUT2D eigenvalue weighted by atomic mass is 16.3. The van der Waals surface area contributed by atoms with Gasteiger partial charge in [0.1, 0.15) is 0 Å². The van der Waals surface area contributed by atoms with Crippen LogP contribution in [-0.4, -0.2) is 41.3 Å². The lowest BCUT2D eigenvalue weighted by atomic mass is 9.86. The van der Waals surface area contributed by atoms with Gasteiger partial charge >= 0.3 is 0 Å². The van der Waals surface area contributed by atoms with Gasteiger partial charge in [0.25, 0.3) is 0 Å². The topological polar surface area (TPSA) is 49.5 Å². The highest BCUT2D eigenvalue weighted by molar-refractivity contribution is 4.92. The molecule has 0 amide bonds. The van der Waals surface area contributed by atoms with Gasteiger partial charge in [-0.25, -0.2) is 0 Å². The number of aliphatic hydroxyl groups excluding tert-OH is 1. The van der Waals surface area contributed by atoms with Crippen molar-refractivity contribution in [2.24, 2.45) is 5.73 Å². The van der Waals surface area contributed by atoms with Gasteiger partial charge in [0.05, 0.1) is 6.10 Å². The van der Waals surface area contributed by atoms with Crippen LogP contribution in [0.2, 0.25) is 0 Å². The van der Waals surface area contributed by atoms with E-state index in [-0.39, 0.29) is 6.10 Å². The third-order valence-corrected chi connectivity index (χ3v) is 2.86. The van der Waals surface area contributed by atoms with E-state index in [4.69, 9.17) is 5.73 Å². The van der Waals surface area contributed by atoms with E-state index in [1.807, 2.05) is 0 Å². The Balaban J connectivity index is 1.79. The molecular weight excluding hydrogens is 140 g/mol. The molecule has 0 spiro atoms. The number of aliphatic hydroxyl groups is 1. The van der Waals surface area contributed by atoms with Crippen LogP contribution in [0.1, 0.15) is 19.3 Å². The van der Waals surface area contributed by atoms with Crippen molar-refractivity contribution in [2.45, 2.75) is 37.5 Å². The van der Waals surface area contributed by atoms with Crippen molar-refractivity contribution in [3.8, 4) is 0 Å². The molecule has 11 heavy (non-hydrogen) atoms. The second kappa shape index (κ2) is 2.73. The lowest BCUT2D eigenvalue weighted by Crippen LogP contribution is -2.49. The molecule has 2 fully saturated rings. The van der Waals surface area contributed by atoms with Crippen LogP contribution < -0.4 is 5.73 Å². The zero-order chi connectivity index (χ0) is 7.84. The van der Waals surface area contributed by atoms with E-state index < -0.39 is 0 Å².